The lowest BCUT2D eigenvalue weighted by Crippen LogP contribution is -2.18. The summed E-state index contributed by atoms with van der Waals surface area (Å²) < 4.78 is 5.15. The average Bonchev–Trinajstić information content (AvgIpc) is 2.24. The van der Waals surface area contributed by atoms with Crippen LogP contribution in [0.3, 0.4) is 0 Å². The first-order chi connectivity index (χ1) is 7.29. The molecular formula is C12H13NO2. The summed E-state index contributed by atoms with van der Waals surface area (Å²) in [4.78, 5) is 11.2. The lowest BCUT2D eigenvalue weighted by atomic mass is 10.0. The zero-order valence-electron chi connectivity index (χ0n) is 8.62. The summed E-state index contributed by atoms with van der Waals surface area (Å²) >= 11 is 0. The number of ether oxygens (including phenoxy) is 1. The Kier molecular flexibility index (Phi) is 2.72. The topological polar surface area (TPSA) is 38.3 Å². The third kappa shape index (κ3) is 2.18. The highest BCUT2D eigenvalue weighted by Gasteiger charge is 2.08. The first kappa shape index (κ1) is 9.77. The zero-order valence-corrected chi connectivity index (χ0v) is 8.62. The van der Waals surface area contributed by atoms with Gasteiger partial charge in [-0.25, -0.2) is 0 Å². The molecule has 0 bridgehead atoms. The van der Waals surface area contributed by atoms with E-state index in [0.29, 0.717) is 6.42 Å². The summed E-state index contributed by atoms with van der Waals surface area (Å²) in [6, 6.07) is 5.91. The van der Waals surface area contributed by atoms with Crippen molar-refractivity contribution in [1.29, 1.82) is 0 Å². The highest BCUT2D eigenvalue weighted by Crippen LogP contribution is 2.21. The lowest BCUT2D eigenvalue weighted by Gasteiger charge is -2.11. The molecule has 0 aliphatic carbocycles. The van der Waals surface area contributed by atoms with Crippen molar-refractivity contribution < 1.29 is 9.53 Å². The molecule has 3 nitrogen and oxygen atoms in total. The predicted molar refractivity (Wildman–Crippen MR) is 58.5 cm³/mol. The van der Waals surface area contributed by atoms with Gasteiger partial charge >= 0.3 is 0 Å². The Hall–Kier alpha value is -1.77. The first-order valence-corrected chi connectivity index (χ1v) is 4.92. The molecule has 0 spiro atoms. The summed E-state index contributed by atoms with van der Waals surface area (Å²) in [5.41, 5.74) is 2.29. The predicted octanol–water partition coefficient (Wildman–Crippen LogP) is 1.73. The Morgan fingerprint density at radius 1 is 1.33 bits per heavy atom. The zero-order chi connectivity index (χ0) is 10.7. The van der Waals surface area contributed by atoms with Gasteiger partial charge in [-0.1, -0.05) is 6.07 Å². The van der Waals surface area contributed by atoms with E-state index in [-0.39, 0.29) is 5.91 Å². The highest BCUT2D eigenvalue weighted by molar-refractivity contribution is 5.79. The van der Waals surface area contributed by atoms with E-state index in [4.69, 9.17) is 4.74 Å². The highest BCUT2D eigenvalue weighted by atomic mass is 16.5. The maximum Gasteiger partial charge on any atom is 0.224 e. The van der Waals surface area contributed by atoms with E-state index in [1.807, 2.05) is 24.3 Å². The summed E-state index contributed by atoms with van der Waals surface area (Å²) in [7, 11) is 1.65. The molecule has 1 aliphatic heterocycles. The first-order valence-electron chi connectivity index (χ1n) is 4.92. The molecule has 0 unspecified atom stereocenters. The standard InChI is InChI=1S/C12H13NO2/c1-15-11-4-2-9-6-7-13-12(14)5-3-10(9)8-11/h2,4,6-8H,3,5H2,1H3,(H,13,14). The number of hydrogen-bond donors (Lipinski definition) is 1. The Morgan fingerprint density at radius 3 is 3.00 bits per heavy atom. The van der Waals surface area contributed by atoms with Crippen LogP contribution >= 0.6 is 0 Å². The summed E-state index contributed by atoms with van der Waals surface area (Å²) in [6.45, 7) is 0. The fourth-order valence-electron chi connectivity index (χ4n) is 1.63. The molecule has 0 radical (unpaired) electrons. The van der Waals surface area contributed by atoms with Crippen LogP contribution in [0.25, 0.3) is 6.08 Å². The molecule has 1 aliphatic rings. The minimum Gasteiger partial charge on any atom is -0.497 e. The molecule has 1 amide bonds. The molecule has 1 aromatic carbocycles. The van der Waals surface area contributed by atoms with E-state index in [1.54, 1.807) is 13.3 Å². The fourth-order valence-corrected chi connectivity index (χ4v) is 1.63. The Labute approximate surface area is 88.8 Å². The van der Waals surface area contributed by atoms with Gasteiger partial charge in [-0.15, -0.1) is 0 Å². The number of rotatable bonds is 1. The number of aryl methyl sites for hydroxylation is 1. The van der Waals surface area contributed by atoms with E-state index < -0.39 is 0 Å². The molecule has 2 rings (SSSR count). The van der Waals surface area contributed by atoms with Gasteiger partial charge in [0.05, 0.1) is 7.11 Å². The number of nitrogens with one attached hydrogen (secondary N) is 1. The van der Waals surface area contributed by atoms with Gasteiger partial charge in [0.25, 0.3) is 0 Å². The van der Waals surface area contributed by atoms with Gasteiger partial charge in [-0.05, 0) is 35.8 Å². The molecule has 0 saturated carbocycles. The quantitative estimate of drug-likeness (QED) is 0.754. The molecule has 0 aromatic heterocycles. The van der Waals surface area contributed by atoms with Gasteiger partial charge in [0, 0.05) is 12.6 Å². The van der Waals surface area contributed by atoms with Crippen molar-refractivity contribution >= 4 is 12.0 Å². The number of amides is 1. The van der Waals surface area contributed by atoms with Gasteiger partial charge in [-0.2, -0.15) is 0 Å². The van der Waals surface area contributed by atoms with Crippen molar-refractivity contribution in [3.63, 3.8) is 0 Å². The second-order valence-corrected chi connectivity index (χ2v) is 3.47. The Balaban J connectivity index is 2.36. The second kappa shape index (κ2) is 4.17. The van der Waals surface area contributed by atoms with Crippen LogP contribution in [0.2, 0.25) is 0 Å². The second-order valence-electron chi connectivity index (χ2n) is 3.47. The van der Waals surface area contributed by atoms with E-state index >= 15 is 0 Å². The lowest BCUT2D eigenvalue weighted by molar-refractivity contribution is -0.120. The fraction of sp³-hybridized carbons (Fsp3) is 0.250. The van der Waals surface area contributed by atoms with E-state index in [9.17, 15) is 4.79 Å². The summed E-state index contributed by atoms with van der Waals surface area (Å²) in [5, 5.41) is 2.70. The summed E-state index contributed by atoms with van der Waals surface area (Å²) in [5.74, 6) is 0.892. The molecule has 1 heterocycles. The van der Waals surface area contributed by atoms with Crippen LogP contribution in [0.15, 0.2) is 24.4 Å². The van der Waals surface area contributed by atoms with Crippen LogP contribution < -0.4 is 10.1 Å². The molecule has 1 N–H and O–H groups in total. The molecular weight excluding hydrogens is 190 g/mol. The molecule has 0 fully saturated rings. The summed E-state index contributed by atoms with van der Waals surface area (Å²) in [6.07, 6.45) is 4.87. The van der Waals surface area contributed by atoms with E-state index in [1.165, 1.54) is 0 Å². The average molecular weight is 203 g/mol. The number of hydrogen-bond acceptors (Lipinski definition) is 2. The maximum absolute atomic E-state index is 11.2. The van der Waals surface area contributed by atoms with Crippen LogP contribution in [-0.4, -0.2) is 13.0 Å². The monoisotopic (exact) mass is 203 g/mol. The smallest absolute Gasteiger partial charge is 0.224 e. The molecule has 15 heavy (non-hydrogen) atoms. The Morgan fingerprint density at radius 2 is 2.20 bits per heavy atom. The van der Waals surface area contributed by atoms with Gasteiger partial charge in [0.1, 0.15) is 5.75 Å². The van der Waals surface area contributed by atoms with Crippen LogP contribution in [-0.2, 0) is 11.2 Å². The molecule has 3 heteroatoms. The minimum atomic E-state index is 0.0553. The number of benzene rings is 1. The van der Waals surface area contributed by atoms with Crippen molar-refractivity contribution in [2.75, 3.05) is 7.11 Å². The van der Waals surface area contributed by atoms with Crippen molar-refractivity contribution in [2.45, 2.75) is 12.8 Å². The number of carbonyl (C=O) groups is 1. The van der Waals surface area contributed by atoms with Crippen molar-refractivity contribution in [2.24, 2.45) is 0 Å². The van der Waals surface area contributed by atoms with Gasteiger partial charge < -0.3 is 10.1 Å². The van der Waals surface area contributed by atoms with Crippen LogP contribution in [0.4, 0.5) is 0 Å². The van der Waals surface area contributed by atoms with Crippen molar-refractivity contribution in [1.82, 2.24) is 5.32 Å². The SMILES string of the molecule is COc1ccc2c(c1)CCC(=O)NC=C2. The normalized spacial score (nSPS) is 14.9. The van der Waals surface area contributed by atoms with Gasteiger partial charge in [0.15, 0.2) is 0 Å². The van der Waals surface area contributed by atoms with Crippen LogP contribution in [0, 0.1) is 0 Å². The van der Waals surface area contributed by atoms with Gasteiger partial charge in [0.2, 0.25) is 5.91 Å². The van der Waals surface area contributed by atoms with Crippen molar-refractivity contribution in [3.8, 4) is 5.75 Å². The molecule has 0 saturated heterocycles. The number of carbonyl (C=O) groups excluding carboxylic acids is 1. The van der Waals surface area contributed by atoms with E-state index in [2.05, 4.69) is 5.32 Å². The molecule has 0 atom stereocenters. The van der Waals surface area contributed by atoms with E-state index in [0.717, 1.165) is 23.3 Å². The number of methoxy groups -OCH3 is 1. The minimum absolute atomic E-state index is 0.0553. The third-order valence-electron chi connectivity index (χ3n) is 2.48. The van der Waals surface area contributed by atoms with Crippen LogP contribution in [0.1, 0.15) is 17.5 Å². The number of fused-ring (bicyclic) bond motifs is 1. The maximum atomic E-state index is 11.2. The third-order valence-corrected chi connectivity index (χ3v) is 2.48. The Bertz CT molecular complexity index is 410. The van der Waals surface area contributed by atoms with Crippen molar-refractivity contribution in [3.05, 3.63) is 35.5 Å². The largest absolute Gasteiger partial charge is 0.497 e. The molecule has 78 valence electrons. The van der Waals surface area contributed by atoms with Gasteiger partial charge in [-0.3, -0.25) is 4.79 Å². The van der Waals surface area contributed by atoms with Crippen LogP contribution in [0.5, 0.6) is 5.75 Å². The molecule has 1 aromatic rings.